The number of nitrogen functional groups attached to an aromatic ring is 1. The smallest absolute Gasteiger partial charge is 0.306 e. The summed E-state index contributed by atoms with van der Waals surface area (Å²) in [5.41, 5.74) is 9.23. The van der Waals surface area contributed by atoms with Gasteiger partial charge in [-0.05, 0) is 43.5 Å². The Kier molecular flexibility index (Phi) is 4.98. The molecule has 2 aromatic heterocycles. The number of ether oxygens (including phenoxy) is 1. The average Bonchev–Trinajstić information content (AvgIpc) is 2.94. The minimum atomic E-state index is -0.250. The van der Waals surface area contributed by atoms with E-state index in [1.807, 2.05) is 38.1 Å². The first kappa shape index (κ1) is 17.3. The van der Waals surface area contributed by atoms with Gasteiger partial charge in [0.1, 0.15) is 6.61 Å². The van der Waals surface area contributed by atoms with Gasteiger partial charge < -0.3 is 10.5 Å². The van der Waals surface area contributed by atoms with E-state index in [1.165, 1.54) is 0 Å². The summed E-state index contributed by atoms with van der Waals surface area (Å²) in [5.74, 6) is 0.398. The highest BCUT2D eigenvalue weighted by Crippen LogP contribution is 2.17. The van der Waals surface area contributed by atoms with Crippen LogP contribution in [0.4, 0.5) is 5.95 Å². The number of carbonyl (C=O) groups is 1. The largest absolute Gasteiger partial charge is 0.461 e. The van der Waals surface area contributed by atoms with Crippen LogP contribution in [0.3, 0.4) is 0 Å². The van der Waals surface area contributed by atoms with Gasteiger partial charge in [-0.15, -0.1) is 5.10 Å². The molecular weight excluding hydrogens is 386 g/mol. The minimum absolute atomic E-state index is 0.182. The molecule has 0 unspecified atom stereocenters. The first-order valence-corrected chi connectivity index (χ1v) is 8.61. The lowest BCUT2D eigenvalue weighted by atomic mass is 10.1. The van der Waals surface area contributed by atoms with Crippen molar-refractivity contribution in [3.8, 4) is 0 Å². The number of fused-ring (bicyclic) bond motifs is 1. The Morgan fingerprint density at radius 3 is 2.68 bits per heavy atom. The van der Waals surface area contributed by atoms with Crippen LogP contribution in [-0.2, 0) is 22.6 Å². The number of benzene rings is 1. The molecule has 0 saturated carbocycles. The number of hydrogen-bond donors (Lipinski definition) is 1. The topological polar surface area (TPSA) is 95.4 Å². The summed E-state index contributed by atoms with van der Waals surface area (Å²) in [7, 11) is 0. The second-order valence-electron chi connectivity index (χ2n) is 5.73. The molecule has 130 valence electrons. The van der Waals surface area contributed by atoms with E-state index in [1.54, 1.807) is 4.52 Å². The van der Waals surface area contributed by atoms with E-state index in [4.69, 9.17) is 10.5 Å². The molecule has 8 heteroatoms. The molecule has 7 nitrogen and oxygen atoms in total. The van der Waals surface area contributed by atoms with Gasteiger partial charge >= 0.3 is 5.97 Å². The van der Waals surface area contributed by atoms with Gasteiger partial charge in [0.2, 0.25) is 5.95 Å². The van der Waals surface area contributed by atoms with Crippen molar-refractivity contribution in [3.63, 3.8) is 0 Å². The van der Waals surface area contributed by atoms with Crippen LogP contribution < -0.4 is 5.73 Å². The Hall–Kier alpha value is -2.48. The van der Waals surface area contributed by atoms with Gasteiger partial charge in [-0.1, -0.05) is 28.1 Å². The molecule has 0 bridgehead atoms. The van der Waals surface area contributed by atoms with Crippen molar-refractivity contribution in [2.75, 3.05) is 5.73 Å². The molecule has 0 fully saturated rings. The van der Waals surface area contributed by atoms with E-state index in [9.17, 15) is 4.79 Å². The molecule has 0 atom stereocenters. The third kappa shape index (κ3) is 3.96. The zero-order chi connectivity index (χ0) is 18.0. The van der Waals surface area contributed by atoms with Crippen LogP contribution in [0, 0.1) is 13.8 Å². The predicted molar refractivity (Wildman–Crippen MR) is 96.9 cm³/mol. The molecular formula is C17H18BrN5O2. The summed E-state index contributed by atoms with van der Waals surface area (Å²) in [5, 5.41) is 4.13. The number of rotatable bonds is 5. The Morgan fingerprint density at radius 2 is 1.96 bits per heavy atom. The lowest BCUT2D eigenvalue weighted by Gasteiger charge is -2.10. The maximum absolute atomic E-state index is 12.0. The lowest BCUT2D eigenvalue weighted by Crippen LogP contribution is -2.10. The number of aryl methyl sites for hydroxylation is 2. The molecule has 0 aliphatic heterocycles. The number of nitrogens with zero attached hydrogens (tertiary/aromatic N) is 4. The summed E-state index contributed by atoms with van der Waals surface area (Å²) in [6.45, 7) is 4.07. The number of aromatic nitrogens is 4. The second kappa shape index (κ2) is 7.18. The molecule has 3 aromatic rings. The molecule has 2 heterocycles. The van der Waals surface area contributed by atoms with E-state index < -0.39 is 0 Å². The fourth-order valence-electron chi connectivity index (χ4n) is 2.63. The Morgan fingerprint density at radius 1 is 1.24 bits per heavy atom. The molecule has 0 spiro atoms. The minimum Gasteiger partial charge on any atom is -0.461 e. The van der Waals surface area contributed by atoms with Gasteiger partial charge in [0.25, 0.3) is 5.78 Å². The number of anilines is 1. The number of esters is 1. The molecule has 2 N–H and O–H groups in total. The van der Waals surface area contributed by atoms with Gasteiger partial charge in [-0.2, -0.15) is 9.50 Å². The molecule has 0 radical (unpaired) electrons. The fraction of sp³-hybridized carbons (Fsp3) is 0.294. The zero-order valence-electron chi connectivity index (χ0n) is 14.0. The fourth-order valence-corrected chi connectivity index (χ4v) is 2.89. The van der Waals surface area contributed by atoms with Gasteiger partial charge in [0, 0.05) is 22.3 Å². The van der Waals surface area contributed by atoms with Crippen molar-refractivity contribution in [2.24, 2.45) is 0 Å². The summed E-state index contributed by atoms with van der Waals surface area (Å²) >= 11 is 3.38. The Labute approximate surface area is 153 Å². The van der Waals surface area contributed by atoms with Crippen LogP contribution in [0.5, 0.6) is 0 Å². The normalized spacial score (nSPS) is 11.0. The summed E-state index contributed by atoms with van der Waals surface area (Å²) in [6.07, 6.45) is 0.801. The third-order valence-electron chi connectivity index (χ3n) is 3.96. The summed E-state index contributed by atoms with van der Waals surface area (Å²) < 4.78 is 7.92. The van der Waals surface area contributed by atoms with Gasteiger partial charge in [0.05, 0.1) is 0 Å². The van der Waals surface area contributed by atoms with E-state index >= 15 is 0 Å². The maximum atomic E-state index is 12.0. The molecule has 25 heavy (non-hydrogen) atoms. The van der Waals surface area contributed by atoms with Crippen molar-refractivity contribution < 1.29 is 9.53 Å². The lowest BCUT2D eigenvalue weighted by molar-refractivity contribution is -0.144. The molecule has 0 saturated heterocycles. The van der Waals surface area contributed by atoms with Gasteiger partial charge in [0.15, 0.2) is 0 Å². The SMILES string of the molecule is Cc1nc2nc(N)nn2c(C)c1CCC(=O)OCc1ccc(Br)cc1. The van der Waals surface area contributed by atoms with Crippen LogP contribution in [0.25, 0.3) is 5.78 Å². The zero-order valence-corrected chi connectivity index (χ0v) is 15.6. The van der Waals surface area contributed by atoms with E-state index in [2.05, 4.69) is 31.0 Å². The van der Waals surface area contributed by atoms with Gasteiger partial charge in [-0.25, -0.2) is 4.98 Å². The first-order chi connectivity index (χ1) is 11.9. The van der Waals surface area contributed by atoms with Crippen LogP contribution in [0.15, 0.2) is 28.7 Å². The third-order valence-corrected chi connectivity index (χ3v) is 4.49. The molecule has 3 rings (SSSR count). The molecule has 1 aromatic carbocycles. The highest BCUT2D eigenvalue weighted by molar-refractivity contribution is 9.10. The van der Waals surface area contributed by atoms with Crippen molar-refractivity contribution in [1.29, 1.82) is 0 Å². The van der Waals surface area contributed by atoms with Crippen molar-refractivity contribution >= 4 is 33.6 Å². The number of nitrogens with two attached hydrogens (primary N) is 1. The number of hydrogen-bond acceptors (Lipinski definition) is 6. The standard InChI is InChI=1S/C17H18BrN5O2/c1-10-14(11(2)23-17(20-10)21-16(19)22-23)7-8-15(24)25-9-12-3-5-13(18)6-4-12/h3-6H,7-9H2,1-2H3,(H2,19,22). The van der Waals surface area contributed by atoms with Gasteiger partial charge in [-0.3, -0.25) is 4.79 Å². The van der Waals surface area contributed by atoms with E-state index in [0.717, 1.165) is 27.0 Å². The number of halogens is 1. The molecule has 0 aliphatic rings. The van der Waals surface area contributed by atoms with Crippen molar-refractivity contribution in [3.05, 3.63) is 51.3 Å². The maximum Gasteiger partial charge on any atom is 0.306 e. The van der Waals surface area contributed by atoms with Crippen LogP contribution in [0.2, 0.25) is 0 Å². The highest BCUT2D eigenvalue weighted by Gasteiger charge is 2.14. The quantitative estimate of drug-likeness (QED) is 0.657. The molecule has 0 amide bonds. The predicted octanol–water partition coefficient (Wildman–Crippen LogP) is 2.76. The monoisotopic (exact) mass is 403 g/mol. The first-order valence-electron chi connectivity index (χ1n) is 7.82. The van der Waals surface area contributed by atoms with E-state index in [-0.39, 0.29) is 24.9 Å². The van der Waals surface area contributed by atoms with Crippen LogP contribution in [0.1, 0.15) is 28.9 Å². The van der Waals surface area contributed by atoms with Crippen LogP contribution in [-0.4, -0.2) is 25.6 Å². The van der Waals surface area contributed by atoms with Crippen molar-refractivity contribution in [1.82, 2.24) is 19.6 Å². The molecule has 0 aliphatic carbocycles. The van der Waals surface area contributed by atoms with Crippen LogP contribution >= 0.6 is 15.9 Å². The number of carbonyl (C=O) groups excluding carboxylic acids is 1. The Bertz CT molecular complexity index is 921. The highest BCUT2D eigenvalue weighted by atomic mass is 79.9. The van der Waals surface area contributed by atoms with E-state index in [0.29, 0.717) is 12.2 Å². The average molecular weight is 404 g/mol. The van der Waals surface area contributed by atoms with Crippen molar-refractivity contribution in [2.45, 2.75) is 33.3 Å². The summed E-state index contributed by atoms with van der Waals surface area (Å²) in [6, 6.07) is 7.67. The summed E-state index contributed by atoms with van der Waals surface area (Å²) in [4.78, 5) is 20.5. The second-order valence-corrected chi connectivity index (χ2v) is 6.65. The Balaban J connectivity index is 1.63.